The van der Waals surface area contributed by atoms with E-state index in [0.29, 0.717) is 11.8 Å². The minimum atomic E-state index is -1.82. The van der Waals surface area contributed by atoms with Gasteiger partial charge < -0.3 is 24.7 Å². The van der Waals surface area contributed by atoms with Crippen LogP contribution in [0.15, 0.2) is 18.2 Å². The first-order valence-corrected chi connectivity index (χ1v) is 7.55. The molecule has 0 aromatic heterocycles. The number of fused-ring (bicyclic) bond motifs is 1. The highest BCUT2D eigenvalue weighted by molar-refractivity contribution is 6.27. The Morgan fingerprint density at radius 3 is 2.12 bits per heavy atom. The summed E-state index contributed by atoms with van der Waals surface area (Å²) in [7, 11) is 3.81. The lowest BCUT2D eigenvalue weighted by Crippen LogP contribution is -2.27. The van der Waals surface area contributed by atoms with Gasteiger partial charge in [-0.15, -0.1) is 0 Å². The summed E-state index contributed by atoms with van der Waals surface area (Å²) in [4.78, 5) is 22.9. The molecule has 2 unspecified atom stereocenters. The summed E-state index contributed by atoms with van der Waals surface area (Å²) < 4.78 is 18.7. The number of halogens is 1. The first-order chi connectivity index (χ1) is 11.3. The average Bonchev–Trinajstić information content (AvgIpc) is 3.04. The summed E-state index contributed by atoms with van der Waals surface area (Å²) in [6.07, 6.45) is 0. The lowest BCUT2D eigenvalue weighted by atomic mass is 10.0. The molecule has 24 heavy (non-hydrogen) atoms. The van der Waals surface area contributed by atoms with Crippen LogP contribution in [-0.4, -0.2) is 67.4 Å². The van der Waals surface area contributed by atoms with Gasteiger partial charge in [-0.05, 0) is 31.0 Å². The van der Waals surface area contributed by atoms with Gasteiger partial charge in [-0.1, -0.05) is 0 Å². The van der Waals surface area contributed by atoms with Crippen molar-refractivity contribution >= 4 is 17.6 Å². The average molecular weight is 340 g/mol. The van der Waals surface area contributed by atoms with Crippen molar-refractivity contribution in [1.29, 1.82) is 0 Å². The van der Waals surface area contributed by atoms with Crippen molar-refractivity contribution in [2.24, 2.45) is 11.8 Å². The minimum Gasteiger partial charge on any atom is -0.495 e. The molecule has 3 rings (SSSR count). The maximum Gasteiger partial charge on any atom is 0.414 e. The molecule has 0 amide bonds. The lowest BCUT2D eigenvalue weighted by molar-refractivity contribution is -0.159. The Hall–Kier alpha value is -2.35. The van der Waals surface area contributed by atoms with Crippen molar-refractivity contribution in [2.45, 2.75) is 0 Å². The number of methoxy groups -OCH3 is 1. The topological polar surface area (TPSA) is 90.3 Å². The number of anilines is 1. The molecule has 2 heterocycles. The molecular weight excluding hydrogens is 319 g/mol. The number of likely N-dealkylation sites (tertiary alicyclic amines) is 1. The molecule has 2 atom stereocenters. The van der Waals surface area contributed by atoms with Gasteiger partial charge in [0.1, 0.15) is 11.6 Å². The third kappa shape index (κ3) is 4.14. The van der Waals surface area contributed by atoms with Crippen molar-refractivity contribution in [3.8, 4) is 5.75 Å². The van der Waals surface area contributed by atoms with Crippen LogP contribution in [0, 0.1) is 17.7 Å². The second kappa shape index (κ2) is 7.48. The van der Waals surface area contributed by atoms with Crippen LogP contribution in [0.1, 0.15) is 0 Å². The number of carboxylic acid groups (broad SMARTS) is 2. The van der Waals surface area contributed by atoms with Gasteiger partial charge in [-0.2, -0.15) is 0 Å². The van der Waals surface area contributed by atoms with Gasteiger partial charge in [-0.25, -0.2) is 14.0 Å². The number of benzene rings is 1. The zero-order chi connectivity index (χ0) is 17.9. The van der Waals surface area contributed by atoms with E-state index in [0.717, 1.165) is 37.6 Å². The second-order valence-electron chi connectivity index (χ2n) is 6.07. The molecule has 0 bridgehead atoms. The molecule has 7 nitrogen and oxygen atoms in total. The number of aliphatic carboxylic acids is 2. The number of rotatable bonds is 2. The van der Waals surface area contributed by atoms with Crippen molar-refractivity contribution in [1.82, 2.24) is 4.90 Å². The van der Waals surface area contributed by atoms with Gasteiger partial charge in [0.15, 0.2) is 0 Å². The van der Waals surface area contributed by atoms with Gasteiger partial charge in [0.2, 0.25) is 0 Å². The fraction of sp³-hybridized carbons (Fsp3) is 0.500. The highest BCUT2D eigenvalue weighted by atomic mass is 19.1. The van der Waals surface area contributed by atoms with E-state index in [2.05, 4.69) is 16.8 Å². The smallest absolute Gasteiger partial charge is 0.414 e. The van der Waals surface area contributed by atoms with Crippen LogP contribution < -0.4 is 9.64 Å². The van der Waals surface area contributed by atoms with Crippen LogP contribution in [-0.2, 0) is 9.59 Å². The van der Waals surface area contributed by atoms with Gasteiger partial charge >= 0.3 is 11.9 Å². The quantitative estimate of drug-likeness (QED) is 0.776. The van der Waals surface area contributed by atoms with Crippen LogP contribution in [0.5, 0.6) is 5.75 Å². The minimum absolute atomic E-state index is 0.194. The number of nitrogens with zero attached hydrogens (tertiary/aromatic N) is 2. The Morgan fingerprint density at radius 2 is 1.67 bits per heavy atom. The van der Waals surface area contributed by atoms with E-state index in [1.54, 1.807) is 19.2 Å². The van der Waals surface area contributed by atoms with E-state index in [4.69, 9.17) is 24.5 Å². The largest absolute Gasteiger partial charge is 0.495 e. The first-order valence-electron chi connectivity index (χ1n) is 7.55. The maximum absolute atomic E-state index is 13.4. The van der Waals surface area contributed by atoms with Gasteiger partial charge in [0, 0.05) is 32.2 Å². The number of hydrogen-bond acceptors (Lipinski definition) is 5. The highest BCUT2D eigenvalue weighted by Crippen LogP contribution is 2.37. The SMILES string of the molecule is COc1ccc(F)cc1N1CC2CN(C)CC2C1.O=C(O)C(=O)O. The van der Waals surface area contributed by atoms with Crippen LogP contribution in [0.4, 0.5) is 10.1 Å². The number of carboxylic acids is 2. The lowest BCUT2D eigenvalue weighted by Gasteiger charge is -2.23. The van der Waals surface area contributed by atoms with Gasteiger partial charge in [0.05, 0.1) is 12.8 Å². The number of hydrogen-bond donors (Lipinski definition) is 2. The molecule has 2 saturated heterocycles. The molecule has 0 radical (unpaired) electrons. The van der Waals surface area contributed by atoms with E-state index in [1.165, 1.54) is 6.07 Å². The predicted molar refractivity (Wildman–Crippen MR) is 84.9 cm³/mol. The first kappa shape index (κ1) is 18.0. The van der Waals surface area contributed by atoms with Crippen LogP contribution in [0.25, 0.3) is 0 Å². The number of carbonyl (C=O) groups is 2. The standard InChI is InChI=1S/C14H19FN2O.C2H2O4/c1-16-6-10-8-17(9-11(10)7-16)13-5-12(15)3-4-14(13)18-2;3-1(4)2(5)6/h3-5,10-11H,6-9H2,1-2H3;(H,3,4)(H,5,6). The Bertz CT molecular complexity index is 598. The zero-order valence-corrected chi connectivity index (χ0v) is 13.6. The molecule has 2 aliphatic rings. The van der Waals surface area contributed by atoms with E-state index in [-0.39, 0.29) is 5.82 Å². The molecule has 2 fully saturated rings. The highest BCUT2D eigenvalue weighted by Gasteiger charge is 2.39. The zero-order valence-electron chi connectivity index (χ0n) is 13.6. The van der Waals surface area contributed by atoms with Crippen molar-refractivity contribution in [2.75, 3.05) is 45.2 Å². The van der Waals surface area contributed by atoms with E-state index < -0.39 is 11.9 Å². The van der Waals surface area contributed by atoms with Crippen LogP contribution in [0.3, 0.4) is 0 Å². The van der Waals surface area contributed by atoms with Crippen LogP contribution in [0.2, 0.25) is 0 Å². The Labute approximate surface area is 139 Å². The van der Waals surface area contributed by atoms with E-state index in [9.17, 15) is 4.39 Å². The summed E-state index contributed by atoms with van der Waals surface area (Å²) in [5, 5.41) is 14.8. The molecule has 0 saturated carbocycles. The fourth-order valence-corrected chi connectivity index (χ4v) is 3.33. The second-order valence-corrected chi connectivity index (χ2v) is 6.07. The van der Waals surface area contributed by atoms with Crippen LogP contribution >= 0.6 is 0 Å². The molecular formula is C16H21FN2O5. The summed E-state index contributed by atoms with van der Waals surface area (Å²) >= 11 is 0. The Kier molecular flexibility index (Phi) is 5.61. The number of ether oxygens (including phenoxy) is 1. The molecule has 8 heteroatoms. The predicted octanol–water partition coefficient (Wildman–Crippen LogP) is 0.988. The Morgan fingerprint density at radius 1 is 1.12 bits per heavy atom. The molecule has 132 valence electrons. The molecule has 0 spiro atoms. The van der Waals surface area contributed by atoms with E-state index in [1.807, 2.05) is 0 Å². The maximum atomic E-state index is 13.4. The van der Waals surface area contributed by atoms with Crippen molar-refractivity contribution < 1.29 is 28.9 Å². The molecule has 1 aromatic carbocycles. The normalized spacial score (nSPS) is 22.5. The van der Waals surface area contributed by atoms with E-state index >= 15 is 0 Å². The summed E-state index contributed by atoms with van der Waals surface area (Å²) in [5.41, 5.74) is 0.898. The molecule has 1 aromatic rings. The summed E-state index contributed by atoms with van der Waals surface area (Å²) in [6, 6.07) is 4.75. The monoisotopic (exact) mass is 340 g/mol. The van der Waals surface area contributed by atoms with Crippen molar-refractivity contribution in [3.63, 3.8) is 0 Å². The molecule has 2 N–H and O–H groups in total. The summed E-state index contributed by atoms with van der Waals surface area (Å²) in [5.74, 6) is -1.65. The summed E-state index contributed by atoms with van der Waals surface area (Å²) in [6.45, 7) is 4.32. The van der Waals surface area contributed by atoms with Gasteiger partial charge in [-0.3, -0.25) is 0 Å². The molecule has 2 aliphatic heterocycles. The van der Waals surface area contributed by atoms with Crippen molar-refractivity contribution in [3.05, 3.63) is 24.0 Å². The molecule has 0 aliphatic carbocycles. The fourth-order valence-electron chi connectivity index (χ4n) is 3.33. The van der Waals surface area contributed by atoms with Gasteiger partial charge in [0.25, 0.3) is 0 Å². The Balaban J connectivity index is 0.000000301. The third-order valence-corrected chi connectivity index (χ3v) is 4.33. The third-order valence-electron chi connectivity index (χ3n) is 4.33.